The number of nitrogens with zero attached hydrogens (tertiary/aromatic N) is 1. The molecule has 2 fully saturated rings. The van der Waals surface area contributed by atoms with Crippen molar-refractivity contribution in [1.29, 1.82) is 0 Å². The van der Waals surface area contributed by atoms with E-state index in [9.17, 15) is 4.79 Å². The lowest BCUT2D eigenvalue weighted by Crippen LogP contribution is -2.33. The van der Waals surface area contributed by atoms with Crippen molar-refractivity contribution in [1.82, 2.24) is 4.98 Å². The number of hydrogen-bond acceptors (Lipinski definition) is 3. The van der Waals surface area contributed by atoms with Crippen LogP contribution < -0.4 is 0 Å². The van der Waals surface area contributed by atoms with E-state index in [0.717, 1.165) is 29.2 Å². The van der Waals surface area contributed by atoms with Crippen molar-refractivity contribution in [3.63, 3.8) is 0 Å². The molecule has 2 aromatic rings. The molecule has 3 heteroatoms. The molecular formula is C18H19NOS. The topological polar surface area (TPSA) is 30.0 Å². The van der Waals surface area contributed by atoms with Gasteiger partial charge in [0.15, 0.2) is 5.78 Å². The summed E-state index contributed by atoms with van der Waals surface area (Å²) in [6, 6.07) is 8.01. The van der Waals surface area contributed by atoms with Gasteiger partial charge in [-0.3, -0.25) is 9.78 Å². The predicted octanol–water partition coefficient (Wildman–Crippen LogP) is 4.48. The van der Waals surface area contributed by atoms with Crippen LogP contribution in [0.3, 0.4) is 0 Å². The standard InChI is InChI=1S/C18H19NOS/c20-18(13-9-14-4-2-5-15(10-13)21-14)16-6-1-3-12-7-8-19-11-17(12)16/h1,3,6-8,11,13-15H,2,4-5,9-10H2. The van der Waals surface area contributed by atoms with E-state index in [2.05, 4.69) is 22.8 Å². The maximum absolute atomic E-state index is 13.0. The summed E-state index contributed by atoms with van der Waals surface area (Å²) in [6.07, 6.45) is 9.69. The van der Waals surface area contributed by atoms with Crippen LogP contribution in [-0.4, -0.2) is 21.3 Å². The zero-order valence-electron chi connectivity index (χ0n) is 12.0. The summed E-state index contributed by atoms with van der Waals surface area (Å²) in [6.45, 7) is 0. The molecular weight excluding hydrogens is 278 g/mol. The minimum Gasteiger partial charge on any atom is -0.294 e. The van der Waals surface area contributed by atoms with Crippen LogP contribution in [-0.2, 0) is 0 Å². The van der Waals surface area contributed by atoms with Crippen molar-refractivity contribution in [3.8, 4) is 0 Å². The Kier molecular flexibility index (Phi) is 3.46. The molecule has 2 atom stereocenters. The van der Waals surface area contributed by atoms with Gasteiger partial charge in [-0.1, -0.05) is 24.6 Å². The number of fused-ring (bicyclic) bond motifs is 3. The van der Waals surface area contributed by atoms with E-state index in [1.807, 2.05) is 24.4 Å². The Labute approximate surface area is 129 Å². The second-order valence-corrected chi connectivity index (χ2v) is 7.85. The van der Waals surface area contributed by atoms with Gasteiger partial charge in [-0.2, -0.15) is 11.8 Å². The van der Waals surface area contributed by atoms with Gasteiger partial charge in [0.25, 0.3) is 0 Å². The van der Waals surface area contributed by atoms with Gasteiger partial charge >= 0.3 is 0 Å². The summed E-state index contributed by atoms with van der Waals surface area (Å²) in [5.41, 5.74) is 0.871. The van der Waals surface area contributed by atoms with E-state index in [4.69, 9.17) is 0 Å². The van der Waals surface area contributed by atoms with Crippen molar-refractivity contribution in [2.45, 2.75) is 42.6 Å². The van der Waals surface area contributed by atoms with E-state index >= 15 is 0 Å². The number of thioether (sulfide) groups is 1. The molecule has 4 rings (SSSR count). The molecule has 0 N–H and O–H groups in total. The Morgan fingerprint density at radius 2 is 1.95 bits per heavy atom. The number of pyridine rings is 1. The molecule has 2 aliphatic rings. The Bertz CT molecular complexity index is 666. The lowest BCUT2D eigenvalue weighted by molar-refractivity contribution is 0.0898. The molecule has 0 radical (unpaired) electrons. The van der Waals surface area contributed by atoms with Crippen LogP contribution in [0.1, 0.15) is 42.5 Å². The fraction of sp³-hybridized carbons (Fsp3) is 0.444. The third-order valence-electron chi connectivity index (χ3n) is 4.85. The fourth-order valence-corrected chi connectivity index (χ4v) is 5.66. The third-order valence-corrected chi connectivity index (χ3v) is 6.48. The fourth-order valence-electron chi connectivity index (χ4n) is 3.82. The lowest BCUT2D eigenvalue weighted by Gasteiger charge is -2.38. The van der Waals surface area contributed by atoms with Gasteiger partial charge in [0.05, 0.1) is 0 Å². The van der Waals surface area contributed by atoms with Crippen LogP contribution in [0, 0.1) is 5.92 Å². The second kappa shape index (κ2) is 5.45. The normalized spacial score (nSPS) is 28.5. The van der Waals surface area contributed by atoms with Gasteiger partial charge < -0.3 is 0 Å². The molecule has 0 spiro atoms. The highest BCUT2D eigenvalue weighted by Gasteiger charge is 2.36. The highest BCUT2D eigenvalue weighted by Crippen LogP contribution is 2.44. The van der Waals surface area contributed by atoms with Crippen molar-refractivity contribution < 1.29 is 4.79 Å². The van der Waals surface area contributed by atoms with Crippen LogP contribution in [0.15, 0.2) is 36.7 Å². The third kappa shape index (κ3) is 2.48. The first kappa shape index (κ1) is 13.3. The van der Waals surface area contributed by atoms with Crippen LogP contribution in [0.25, 0.3) is 10.8 Å². The molecule has 0 aliphatic carbocycles. The number of benzene rings is 1. The molecule has 2 bridgehead atoms. The SMILES string of the molecule is O=C(c1cccc2ccncc12)C1CC2CCCC(C1)S2. The summed E-state index contributed by atoms with van der Waals surface area (Å²) in [4.78, 5) is 17.2. The number of Topliss-reactive ketones (excluding diaryl/α,β-unsaturated/α-hetero) is 1. The van der Waals surface area contributed by atoms with Gasteiger partial charge in [0, 0.05) is 39.8 Å². The molecule has 1 aromatic carbocycles. The van der Waals surface area contributed by atoms with E-state index < -0.39 is 0 Å². The number of rotatable bonds is 2. The van der Waals surface area contributed by atoms with E-state index in [-0.39, 0.29) is 5.92 Å². The lowest BCUT2D eigenvalue weighted by atomic mass is 9.83. The van der Waals surface area contributed by atoms with Gasteiger partial charge in [-0.15, -0.1) is 0 Å². The monoisotopic (exact) mass is 297 g/mol. The largest absolute Gasteiger partial charge is 0.294 e. The van der Waals surface area contributed by atoms with Crippen LogP contribution in [0.5, 0.6) is 0 Å². The Morgan fingerprint density at radius 3 is 2.76 bits per heavy atom. The number of ketones is 1. The quantitative estimate of drug-likeness (QED) is 0.765. The number of carbonyl (C=O) groups excluding carboxylic acids is 1. The van der Waals surface area contributed by atoms with E-state index in [1.165, 1.54) is 19.3 Å². The maximum atomic E-state index is 13.0. The average molecular weight is 297 g/mol. The minimum absolute atomic E-state index is 0.215. The first-order chi connectivity index (χ1) is 10.3. The summed E-state index contributed by atoms with van der Waals surface area (Å²) in [7, 11) is 0. The number of hydrogen-bond donors (Lipinski definition) is 0. The molecule has 2 aliphatic heterocycles. The molecule has 21 heavy (non-hydrogen) atoms. The summed E-state index contributed by atoms with van der Waals surface area (Å²) in [5.74, 6) is 0.554. The maximum Gasteiger partial charge on any atom is 0.166 e. The van der Waals surface area contributed by atoms with Gasteiger partial charge in [0.1, 0.15) is 0 Å². The number of aromatic nitrogens is 1. The summed E-state index contributed by atoms with van der Waals surface area (Å²) < 4.78 is 0. The second-order valence-electron chi connectivity index (χ2n) is 6.25. The average Bonchev–Trinajstić information content (AvgIpc) is 2.53. The van der Waals surface area contributed by atoms with Crippen LogP contribution in [0.4, 0.5) is 0 Å². The van der Waals surface area contributed by atoms with E-state index in [0.29, 0.717) is 16.3 Å². The van der Waals surface area contributed by atoms with Crippen LogP contribution in [0.2, 0.25) is 0 Å². The van der Waals surface area contributed by atoms with Crippen molar-refractivity contribution >= 4 is 28.3 Å². The summed E-state index contributed by atoms with van der Waals surface area (Å²) in [5, 5.41) is 3.54. The zero-order valence-corrected chi connectivity index (χ0v) is 12.8. The Morgan fingerprint density at radius 1 is 1.14 bits per heavy atom. The smallest absolute Gasteiger partial charge is 0.166 e. The summed E-state index contributed by atoms with van der Waals surface area (Å²) >= 11 is 2.13. The first-order valence-corrected chi connectivity index (χ1v) is 8.78. The van der Waals surface area contributed by atoms with Crippen LogP contribution >= 0.6 is 11.8 Å². The molecule has 3 heterocycles. The Balaban J connectivity index is 1.67. The van der Waals surface area contributed by atoms with Gasteiger partial charge in [0.2, 0.25) is 0 Å². The molecule has 2 saturated heterocycles. The molecule has 108 valence electrons. The predicted molar refractivity (Wildman–Crippen MR) is 87.8 cm³/mol. The first-order valence-electron chi connectivity index (χ1n) is 7.83. The molecule has 0 saturated carbocycles. The van der Waals surface area contributed by atoms with Gasteiger partial charge in [-0.25, -0.2) is 0 Å². The van der Waals surface area contributed by atoms with E-state index in [1.54, 1.807) is 6.20 Å². The zero-order chi connectivity index (χ0) is 14.2. The Hall–Kier alpha value is -1.35. The van der Waals surface area contributed by atoms with Crippen molar-refractivity contribution in [2.75, 3.05) is 0 Å². The minimum atomic E-state index is 0.215. The highest BCUT2D eigenvalue weighted by atomic mass is 32.2. The molecule has 0 amide bonds. The number of carbonyl (C=O) groups is 1. The molecule has 2 nitrogen and oxygen atoms in total. The van der Waals surface area contributed by atoms with Crippen molar-refractivity contribution in [3.05, 3.63) is 42.2 Å². The van der Waals surface area contributed by atoms with Crippen molar-refractivity contribution in [2.24, 2.45) is 5.92 Å². The molecule has 2 unspecified atom stereocenters. The molecule has 1 aromatic heterocycles. The highest BCUT2D eigenvalue weighted by molar-refractivity contribution is 8.00. The van der Waals surface area contributed by atoms with Gasteiger partial charge in [-0.05, 0) is 37.1 Å².